The number of H-pyrrole nitrogens is 1. The van der Waals surface area contributed by atoms with Crippen molar-refractivity contribution in [1.29, 1.82) is 0 Å². The van der Waals surface area contributed by atoms with Gasteiger partial charge in [0.2, 0.25) is 0 Å². The van der Waals surface area contributed by atoms with Gasteiger partial charge < -0.3 is 10.3 Å². The van der Waals surface area contributed by atoms with Crippen molar-refractivity contribution in [1.82, 2.24) is 20.3 Å². The van der Waals surface area contributed by atoms with Crippen LogP contribution in [-0.4, -0.2) is 22.0 Å². The van der Waals surface area contributed by atoms with Gasteiger partial charge in [-0.05, 0) is 12.6 Å². The number of nitrogens with one attached hydrogen (secondary N) is 2. The Kier molecular flexibility index (Phi) is 2.16. The average molecular weight is 197 g/mol. The Hall–Kier alpha value is -1.13. The smallest absolute Gasteiger partial charge is 0.142 e. The molecule has 0 aliphatic carbocycles. The van der Waals surface area contributed by atoms with Gasteiger partial charge in [0.15, 0.2) is 0 Å². The van der Waals surface area contributed by atoms with Gasteiger partial charge >= 0.3 is 0 Å². The SMILES string of the molecule is CNCc1c[nH]c2ncnc(Cl)c12. The lowest BCUT2D eigenvalue weighted by molar-refractivity contribution is 0.823. The lowest BCUT2D eigenvalue weighted by atomic mass is 10.2. The highest BCUT2D eigenvalue weighted by Crippen LogP contribution is 2.22. The van der Waals surface area contributed by atoms with Gasteiger partial charge in [0.25, 0.3) is 0 Å². The average Bonchev–Trinajstić information content (AvgIpc) is 2.51. The molecule has 4 nitrogen and oxygen atoms in total. The minimum Gasteiger partial charge on any atom is -0.346 e. The third-order valence-electron chi connectivity index (χ3n) is 1.87. The molecule has 2 aromatic rings. The highest BCUT2D eigenvalue weighted by atomic mass is 35.5. The molecule has 0 atom stereocenters. The quantitative estimate of drug-likeness (QED) is 0.713. The summed E-state index contributed by atoms with van der Waals surface area (Å²) in [4.78, 5) is 11.0. The maximum Gasteiger partial charge on any atom is 0.142 e. The summed E-state index contributed by atoms with van der Waals surface area (Å²) in [7, 11) is 1.89. The molecule has 0 aliphatic rings. The number of nitrogens with zero attached hydrogens (tertiary/aromatic N) is 2. The lowest BCUT2D eigenvalue weighted by Gasteiger charge is -1.97. The number of halogens is 1. The van der Waals surface area contributed by atoms with E-state index in [-0.39, 0.29) is 0 Å². The molecule has 2 aromatic heterocycles. The Labute approximate surface area is 80.3 Å². The summed E-state index contributed by atoms with van der Waals surface area (Å²) in [5.74, 6) is 0. The van der Waals surface area contributed by atoms with Crippen molar-refractivity contribution in [2.45, 2.75) is 6.54 Å². The van der Waals surface area contributed by atoms with Gasteiger partial charge in [0.1, 0.15) is 17.1 Å². The zero-order chi connectivity index (χ0) is 9.26. The van der Waals surface area contributed by atoms with Crippen LogP contribution in [0.1, 0.15) is 5.56 Å². The Bertz CT molecular complexity index is 423. The molecule has 0 bridgehead atoms. The zero-order valence-corrected chi connectivity index (χ0v) is 7.89. The minimum absolute atomic E-state index is 0.497. The number of fused-ring (bicyclic) bond motifs is 1. The van der Waals surface area contributed by atoms with Crippen LogP contribution < -0.4 is 5.32 Å². The molecular weight excluding hydrogens is 188 g/mol. The third kappa shape index (κ3) is 1.38. The monoisotopic (exact) mass is 196 g/mol. The first-order valence-electron chi connectivity index (χ1n) is 3.94. The Morgan fingerprint density at radius 1 is 1.54 bits per heavy atom. The number of aromatic nitrogens is 3. The van der Waals surface area contributed by atoms with Crippen molar-refractivity contribution in [2.75, 3.05) is 7.05 Å². The zero-order valence-electron chi connectivity index (χ0n) is 7.13. The van der Waals surface area contributed by atoms with Gasteiger partial charge in [-0.1, -0.05) is 11.6 Å². The standard InChI is InChI=1S/C8H9ClN4/c1-10-2-5-3-11-8-6(5)7(9)12-4-13-8/h3-4,10H,2H2,1H3,(H,11,12,13). The summed E-state index contributed by atoms with van der Waals surface area (Å²) in [5, 5.41) is 4.45. The van der Waals surface area contributed by atoms with Crippen molar-refractivity contribution in [2.24, 2.45) is 0 Å². The first-order chi connectivity index (χ1) is 6.33. The topological polar surface area (TPSA) is 53.6 Å². The maximum absolute atomic E-state index is 5.94. The van der Waals surface area contributed by atoms with E-state index in [1.807, 2.05) is 13.2 Å². The van der Waals surface area contributed by atoms with Gasteiger partial charge in [0, 0.05) is 12.7 Å². The van der Waals surface area contributed by atoms with Crippen LogP contribution in [0.3, 0.4) is 0 Å². The Morgan fingerprint density at radius 2 is 2.38 bits per heavy atom. The van der Waals surface area contributed by atoms with Crippen molar-refractivity contribution >= 4 is 22.6 Å². The Morgan fingerprint density at radius 3 is 3.15 bits per heavy atom. The fraction of sp³-hybridized carbons (Fsp3) is 0.250. The van der Waals surface area contributed by atoms with Crippen LogP contribution in [0.5, 0.6) is 0 Å². The van der Waals surface area contributed by atoms with E-state index in [0.717, 1.165) is 23.1 Å². The number of aromatic amines is 1. The van der Waals surface area contributed by atoms with Gasteiger partial charge in [-0.2, -0.15) is 0 Å². The second-order valence-corrected chi connectivity index (χ2v) is 3.09. The fourth-order valence-corrected chi connectivity index (χ4v) is 1.57. The molecule has 2 rings (SSSR count). The molecule has 0 fully saturated rings. The normalized spacial score (nSPS) is 10.9. The van der Waals surface area contributed by atoms with Crippen LogP contribution in [0.25, 0.3) is 11.0 Å². The van der Waals surface area contributed by atoms with E-state index < -0.39 is 0 Å². The van der Waals surface area contributed by atoms with Crippen LogP contribution in [0, 0.1) is 0 Å². The summed E-state index contributed by atoms with van der Waals surface area (Å²) in [6.45, 7) is 0.757. The molecule has 0 aromatic carbocycles. The van der Waals surface area contributed by atoms with Crippen LogP contribution >= 0.6 is 11.6 Å². The van der Waals surface area contributed by atoms with E-state index in [1.54, 1.807) is 0 Å². The molecule has 13 heavy (non-hydrogen) atoms. The minimum atomic E-state index is 0.497. The predicted molar refractivity (Wildman–Crippen MR) is 51.7 cm³/mol. The number of rotatable bonds is 2. The number of hydrogen-bond acceptors (Lipinski definition) is 3. The van der Waals surface area contributed by atoms with E-state index in [0.29, 0.717) is 5.15 Å². The molecule has 68 valence electrons. The van der Waals surface area contributed by atoms with Gasteiger partial charge in [-0.25, -0.2) is 9.97 Å². The van der Waals surface area contributed by atoms with Crippen LogP contribution in [0.15, 0.2) is 12.5 Å². The van der Waals surface area contributed by atoms with Crippen molar-refractivity contribution in [3.05, 3.63) is 23.2 Å². The van der Waals surface area contributed by atoms with E-state index in [1.165, 1.54) is 6.33 Å². The van der Waals surface area contributed by atoms with E-state index in [2.05, 4.69) is 20.3 Å². The summed E-state index contributed by atoms with van der Waals surface area (Å²) < 4.78 is 0. The highest BCUT2D eigenvalue weighted by Gasteiger charge is 2.07. The summed E-state index contributed by atoms with van der Waals surface area (Å²) >= 11 is 5.94. The molecule has 0 saturated heterocycles. The van der Waals surface area contributed by atoms with Gasteiger partial charge in [-0.3, -0.25) is 0 Å². The van der Waals surface area contributed by atoms with Crippen molar-refractivity contribution < 1.29 is 0 Å². The second kappa shape index (κ2) is 3.32. The third-order valence-corrected chi connectivity index (χ3v) is 2.16. The first kappa shape index (κ1) is 8.47. The van der Waals surface area contributed by atoms with Gasteiger partial charge in [0.05, 0.1) is 5.39 Å². The molecule has 0 unspecified atom stereocenters. The summed E-state index contributed by atoms with van der Waals surface area (Å²) in [6.07, 6.45) is 3.34. The maximum atomic E-state index is 5.94. The van der Waals surface area contributed by atoms with Gasteiger partial charge in [-0.15, -0.1) is 0 Å². The summed E-state index contributed by atoms with van der Waals surface area (Å²) in [5.41, 5.74) is 1.87. The number of hydrogen-bond donors (Lipinski definition) is 2. The molecule has 5 heteroatoms. The summed E-state index contributed by atoms with van der Waals surface area (Å²) in [6, 6.07) is 0. The lowest BCUT2D eigenvalue weighted by Crippen LogP contribution is -2.04. The van der Waals surface area contributed by atoms with Crippen LogP contribution in [-0.2, 0) is 6.54 Å². The molecule has 0 saturated carbocycles. The van der Waals surface area contributed by atoms with E-state index >= 15 is 0 Å². The van der Waals surface area contributed by atoms with Crippen LogP contribution in [0.4, 0.5) is 0 Å². The van der Waals surface area contributed by atoms with Crippen molar-refractivity contribution in [3.8, 4) is 0 Å². The predicted octanol–water partition coefficient (Wildman–Crippen LogP) is 1.33. The molecule has 0 amide bonds. The fourth-order valence-electron chi connectivity index (χ4n) is 1.32. The molecule has 2 heterocycles. The van der Waals surface area contributed by atoms with E-state index in [4.69, 9.17) is 11.6 Å². The molecule has 0 spiro atoms. The van der Waals surface area contributed by atoms with Crippen LogP contribution in [0.2, 0.25) is 5.15 Å². The highest BCUT2D eigenvalue weighted by molar-refractivity contribution is 6.34. The first-order valence-corrected chi connectivity index (χ1v) is 4.32. The van der Waals surface area contributed by atoms with E-state index in [9.17, 15) is 0 Å². The van der Waals surface area contributed by atoms with Crippen molar-refractivity contribution in [3.63, 3.8) is 0 Å². The Balaban J connectivity index is 2.64. The molecule has 2 N–H and O–H groups in total. The molecule has 0 radical (unpaired) electrons. The second-order valence-electron chi connectivity index (χ2n) is 2.73. The largest absolute Gasteiger partial charge is 0.346 e. The molecular formula is C8H9ClN4. The molecule has 0 aliphatic heterocycles.